The normalized spacial score (nSPS) is 11.7. The van der Waals surface area contributed by atoms with Crippen molar-refractivity contribution in [1.82, 2.24) is 9.97 Å². The summed E-state index contributed by atoms with van der Waals surface area (Å²) in [6, 6.07) is 8.85. The fourth-order valence-corrected chi connectivity index (χ4v) is 4.34. The average molecular weight is 320 g/mol. The molecule has 3 N–H and O–H groups in total. The number of thiazole rings is 1. The molecule has 0 unspecified atom stereocenters. The zero-order valence-electron chi connectivity index (χ0n) is 11.1. The van der Waals surface area contributed by atoms with Crippen LogP contribution < -0.4 is 10.5 Å². The van der Waals surface area contributed by atoms with Crippen LogP contribution in [0.4, 0.5) is 10.8 Å². The molecule has 2 heterocycles. The van der Waals surface area contributed by atoms with Crippen LogP contribution >= 0.6 is 11.3 Å². The van der Waals surface area contributed by atoms with Crippen LogP contribution in [0, 0.1) is 6.92 Å². The van der Waals surface area contributed by atoms with E-state index >= 15 is 0 Å². The van der Waals surface area contributed by atoms with Gasteiger partial charge in [-0.2, -0.15) is 0 Å². The van der Waals surface area contributed by atoms with Gasteiger partial charge >= 0.3 is 0 Å². The van der Waals surface area contributed by atoms with Crippen molar-refractivity contribution < 1.29 is 8.42 Å². The number of nitrogens with zero attached hydrogens (tertiary/aromatic N) is 2. The largest absolute Gasteiger partial charge is 0.375 e. The highest BCUT2D eigenvalue weighted by atomic mass is 32.2. The van der Waals surface area contributed by atoms with Gasteiger partial charge in [-0.1, -0.05) is 17.4 Å². The minimum absolute atomic E-state index is 0.131. The molecule has 2 aromatic heterocycles. The quantitative estimate of drug-likeness (QED) is 0.772. The maximum absolute atomic E-state index is 12.4. The number of nitrogens with one attached hydrogen (secondary N) is 1. The van der Waals surface area contributed by atoms with Crippen molar-refractivity contribution in [2.24, 2.45) is 0 Å². The first-order chi connectivity index (χ1) is 9.95. The minimum atomic E-state index is -3.69. The van der Waals surface area contributed by atoms with Gasteiger partial charge in [-0.3, -0.25) is 9.71 Å². The zero-order valence-corrected chi connectivity index (χ0v) is 12.7. The predicted molar refractivity (Wildman–Crippen MR) is 83.8 cm³/mol. The fourth-order valence-electron chi connectivity index (χ4n) is 1.99. The van der Waals surface area contributed by atoms with Crippen molar-refractivity contribution in [3.05, 3.63) is 42.2 Å². The van der Waals surface area contributed by atoms with Gasteiger partial charge in [0.25, 0.3) is 10.0 Å². The third-order valence-electron chi connectivity index (χ3n) is 2.87. The summed E-state index contributed by atoms with van der Waals surface area (Å²) >= 11 is 0.948. The number of nitrogens with two attached hydrogens (primary N) is 1. The summed E-state index contributed by atoms with van der Waals surface area (Å²) in [5.74, 6) is 0. The molecule has 8 heteroatoms. The molecule has 3 rings (SSSR count). The van der Waals surface area contributed by atoms with Crippen molar-refractivity contribution in [2.45, 2.75) is 11.1 Å². The highest BCUT2D eigenvalue weighted by molar-refractivity contribution is 7.94. The number of anilines is 2. The lowest BCUT2D eigenvalue weighted by Crippen LogP contribution is -2.12. The number of benzene rings is 1. The molecular formula is C13H12N4O2S2. The van der Waals surface area contributed by atoms with Crippen LogP contribution in [-0.2, 0) is 10.0 Å². The van der Waals surface area contributed by atoms with Gasteiger partial charge in [-0.05, 0) is 31.2 Å². The number of aromatic nitrogens is 2. The van der Waals surface area contributed by atoms with Crippen molar-refractivity contribution in [2.75, 3.05) is 10.5 Å². The standard InChI is InChI=1S/C13H12N4O2S2/c1-8-12(20-13(14)16-8)21(18,19)17-10-4-5-11-9(7-10)3-2-6-15-11/h2-7,17H,1H3,(H2,14,16). The smallest absolute Gasteiger partial charge is 0.273 e. The van der Waals surface area contributed by atoms with E-state index in [0.29, 0.717) is 11.4 Å². The van der Waals surface area contributed by atoms with E-state index in [-0.39, 0.29) is 9.34 Å². The number of sulfonamides is 1. The summed E-state index contributed by atoms with van der Waals surface area (Å²) < 4.78 is 27.4. The van der Waals surface area contributed by atoms with Gasteiger partial charge in [0.2, 0.25) is 0 Å². The van der Waals surface area contributed by atoms with Gasteiger partial charge in [0.05, 0.1) is 11.2 Å². The first-order valence-electron chi connectivity index (χ1n) is 6.06. The minimum Gasteiger partial charge on any atom is -0.375 e. The second-order valence-corrected chi connectivity index (χ2v) is 7.35. The maximum Gasteiger partial charge on any atom is 0.273 e. The van der Waals surface area contributed by atoms with E-state index in [9.17, 15) is 8.42 Å². The van der Waals surface area contributed by atoms with Gasteiger partial charge in [0.15, 0.2) is 9.34 Å². The van der Waals surface area contributed by atoms with Gasteiger partial charge in [-0.25, -0.2) is 13.4 Å². The average Bonchev–Trinajstić information content (AvgIpc) is 2.78. The van der Waals surface area contributed by atoms with Crippen LogP contribution in [0.1, 0.15) is 5.69 Å². The number of fused-ring (bicyclic) bond motifs is 1. The molecule has 0 saturated carbocycles. The van der Waals surface area contributed by atoms with Crippen LogP contribution in [0.15, 0.2) is 40.7 Å². The Kier molecular flexibility index (Phi) is 3.26. The summed E-state index contributed by atoms with van der Waals surface area (Å²) in [7, 11) is -3.69. The number of rotatable bonds is 3. The van der Waals surface area contributed by atoms with E-state index in [1.165, 1.54) is 0 Å². The Morgan fingerprint density at radius 2 is 2.10 bits per heavy atom. The monoisotopic (exact) mass is 320 g/mol. The molecule has 0 saturated heterocycles. The van der Waals surface area contributed by atoms with Crippen LogP contribution in [0.5, 0.6) is 0 Å². The van der Waals surface area contributed by atoms with Gasteiger partial charge in [0.1, 0.15) is 0 Å². The number of pyridine rings is 1. The third kappa shape index (κ3) is 2.67. The Morgan fingerprint density at radius 3 is 2.81 bits per heavy atom. The third-order valence-corrected chi connectivity index (χ3v) is 5.85. The molecule has 0 amide bonds. The van der Waals surface area contributed by atoms with Crippen molar-refractivity contribution in [1.29, 1.82) is 0 Å². The summed E-state index contributed by atoms with van der Waals surface area (Å²) in [5.41, 5.74) is 7.22. The van der Waals surface area contributed by atoms with Crippen LogP contribution in [0.3, 0.4) is 0 Å². The van der Waals surface area contributed by atoms with Gasteiger partial charge in [0, 0.05) is 17.3 Å². The molecule has 108 valence electrons. The molecule has 0 fully saturated rings. The molecule has 3 aromatic rings. The lowest BCUT2D eigenvalue weighted by Gasteiger charge is -2.07. The van der Waals surface area contributed by atoms with Crippen molar-refractivity contribution in [3.8, 4) is 0 Å². The van der Waals surface area contributed by atoms with Crippen LogP contribution in [0.2, 0.25) is 0 Å². The van der Waals surface area contributed by atoms with Gasteiger partial charge in [-0.15, -0.1) is 0 Å². The number of hydrogen-bond donors (Lipinski definition) is 2. The van der Waals surface area contributed by atoms with E-state index in [1.54, 1.807) is 37.4 Å². The Hall–Kier alpha value is -2.19. The summed E-state index contributed by atoms with van der Waals surface area (Å²) in [6.45, 7) is 1.62. The van der Waals surface area contributed by atoms with E-state index in [2.05, 4.69) is 14.7 Å². The van der Waals surface area contributed by atoms with Gasteiger partial charge < -0.3 is 5.73 Å². The number of hydrogen-bond acceptors (Lipinski definition) is 6. The summed E-state index contributed by atoms with van der Waals surface area (Å²) in [5, 5.41) is 1.09. The highest BCUT2D eigenvalue weighted by Gasteiger charge is 2.21. The molecule has 0 bridgehead atoms. The van der Waals surface area contributed by atoms with Crippen LogP contribution in [-0.4, -0.2) is 18.4 Å². The number of aryl methyl sites for hydroxylation is 1. The Balaban J connectivity index is 1.99. The summed E-state index contributed by atoms with van der Waals surface area (Å²) in [6.07, 6.45) is 1.69. The Labute approximate surface area is 125 Å². The van der Waals surface area contributed by atoms with E-state index in [1.807, 2.05) is 6.07 Å². The molecule has 0 aliphatic rings. The SMILES string of the molecule is Cc1nc(N)sc1S(=O)(=O)Nc1ccc2ncccc2c1. The Morgan fingerprint density at radius 1 is 1.29 bits per heavy atom. The molecule has 0 spiro atoms. The topological polar surface area (TPSA) is 98.0 Å². The highest BCUT2D eigenvalue weighted by Crippen LogP contribution is 2.27. The fraction of sp³-hybridized carbons (Fsp3) is 0.0769. The first kappa shape index (κ1) is 13.8. The van der Waals surface area contributed by atoms with E-state index < -0.39 is 10.0 Å². The molecule has 0 aliphatic heterocycles. The van der Waals surface area contributed by atoms with Crippen molar-refractivity contribution >= 4 is 43.1 Å². The van der Waals surface area contributed by atoms with E-state index in [0.717, 1.165) is 22.2 Å². The maximum atomic E-state index is 12.4. The van der Waals surface area contributed by atoms with E-state index in [4.69, 9.17) is 5.73 Å². The molecule has 21 heavy (non-hydrogen) atoms. The molecular weight excluding hydrogens is 308 g/mol. The lowest BCUT2D eigenvalue weighted by molar-refractivity contribution is 0.602. The molecule has 6 nitrogen and oxygen atoms in total. The van der Waals surface area contributed by atoms with Crippen molar-refractivity contribution in [3.63, 3.8) is 0 Å². The van der Waals surface area contributed by atoms with Crippen LogP contribution in [0.25, 0.3) is 10.9 Å². The first-order valence-corrected chi connectivity index (χ1v) is 8.36. The lowest BCUT2D eigenvalue weighted by atomic mass is 10.2. The predicted octanol–water partition coefficient (Wildman–Crippen LogP) is 2.38. The molecule has 1 aromatic carbocycles. The molecule has 0 radical (unpaired) electrons. The molecule has 0 aliphatic carbocycles. The second kappa shape index (κ2) is 4.97. The molecule has 0 atom stereocenters. The zero-order chi connectivity index (χ0) is 15.0. The Bertz CT molecular complexity index is 919. The number of nitrogen functional groups attached to an aromatic ring is 1. The summed E-state index contributed by atoms with van der Waals surface area (Å²) in [4.78, 5) is 8.13. The second-order valence-electron chi connectivity index (χ2n) is 4.44.